The molecular weight excluding hydrogens is 126 g/mol. The quantitative estimate of drug-likeness (QED) is 0.440. The summed E-state index contributed by atoms with van der Waals surface area (Å²) in [6.45, 7) is 6.69. The minimum Gasteiger partial charge on any atom is -0.116 e. The molecule has 0 spiro atoms. The first-order valence-corrected chi connectivity index (χ1v) is 4.02. The molecule has 0 heterocycles. The van der Waals surface area contributed by atoms with E-state index in [1.807, 2.05) is 0 Å². The van der Waals surface area contributed by atoms with Gasteiger partial charge in [0.2, 0.25) is 0 Å². The average Bonchev–Trinajstić information content (AvgIpc) is 0.811. The van der Waals surface area contributed by atoms with Crippen LogP contribution < -0.4 is 0 Å². The van der Waals surface area contributed by atoms with Crippen LogP contribution in [0.5, 0.6) is 0 Å². The Labute approximate surface area is 45.3 Å². The van der Waals surface area contributed by atoms with Crippen molar-refractivity contribution in [2.75, 3.05) is 20.0 Å². The zero-order valence-electron chi connectivity index (χ0n) is 3.78. The molecular formula is C3H9CoP. The van der Waals surface area contributed by atoms with Crippen molar-refractivity contribution in [3.63, 3.8) is 0 Å². The van der Waals surface area contributed by atoms with E-state index >= 15 is 0 Å². The summed E-state index contributed by atoms with van der Waals surface area (Å²) >= 11 is 0. The Balaban J connectivity index is 0. The van der Waals surface area contributed by atoms with E-state index in [1.165, 1.54) is 0 Å². The van der Waals surface area contributed by atoms with Gasteiger partial charge in [-0.1, -0.05) is 0 Å². The van der Waals surface area contributed by atoms with E-state index in [4.69, 9.17) is 0 Å². The number of hydrogen-bond donors (Lipinski definition) is 0. The monoisotopic (exact) mass is 135 g/mol. The predicted octanol–water partition coefficient (Wildman–Crippen LogP) is 1.36. The fourth-order valence-electron chi connectivity index (χ4n) is 0. The molecule has 0 saturated heterocycles. The van der Waals surface area contributed by atoms with Crippen LogP contribution >= 0.6 is 7.92 Å². The molecule has 0 nitrogen and oxygen atoms in total. The van der Waals surface area contributed by atoms with E-state index in [2.05, 4.69) is 20.0 Å². The summed E-state index contributed by atoms with van der Waals surface area (Å²) in [5.41, 5.74) is 0. The second-order valence-corrected chi connectivity index (χ2v) is 4.02. The van der Waals surface area contributed by atoms with Crippen molar-refractivity contribution in [2.24, 2.45) is 0 Å². The maximum atomic E-state index is 2.23. The van der Waals surface area contributed by atoms with Crippen molar-refractivity contribution in [2.45, 2.75) is 0 Å². The van der Waals surface area contributed by atoms with Gasteiger partial charge in [0.25, 0.3) is 0 Å². The Morgan fingerprint density at radius 2 is 1.00 bits per heavy atom. The van der Waals surface area contributed by atoms with Crippen LogP contribution in [0.4, 0.5) is 0 Å². The summed E-state index contributed by atoms with van der Waals surface area (Å²) in [6, 6.07) is 0. The molecule has 0 aliphatic carbocycles. The molecule has 0 aliphatic rings. The summed E-state index contributed by atoms with van der Waals surface area (Å²) in [7, 11) is 0.380. The molecule has 0 aromatic heterocycles. The fraction of sp³-hybridized carbons (Fsp3) is 1.00. The largest absolute Gasteiger partial charge is 0.116 e. The van der Waals surface area contributed by atoms with Crippen molar-refractivity contribution in [1.29, 1.82) is 0 Å². The van der Waals surface area contributed by atoms with Gasteiger partial charge in [0.1, 0.15) is 0 Å². The third-order valence-electron chi connectivity index (χ3n) is 0. The standard InChI is InChI=1S/C3H9P.Co/c1-4(2)3;/h1-3H3;. The van der Waals surface area contributed by atoms with E-state index in [0.29, 0.717) is 7.92 Å². The minimum atomic E-state index is 0. The van der Waals surface area contributed by atoms with Crippen LogP contribution in [-0.2, 0) is 16.8 Å². The van der Waals surface area contributed by atoms with Crippen molar-refractivity contribution >= 4 is 7.92 Å². The molecule has 5 heavy (non-hydrogen) atoms. The van der Waals surface area contributed by atoms with Gasteiger partial charge in [-0.3, -0.25) is 0 Å². The molecule has 0 amide bonds. The maximum Gasteiger partial charge on any atom is 0 e. The van der Waals surface area contributed by atoms with Gasteiger partial charge in [-0.2, -0.15) is 0 Å². The van der Waals surface area contributed by atoms with Gasteiger partial charge >= 0.3 is 0 Å². The Bertz CT molecular complexity index is 11.6. The zero-order valence-corrected chi connectivity index (χ0v) is 5.72. The van der Waals surface area contributed by atoms with Gasteiger partial charge in [-0.15, -0.1) is 7.92 Å². The van der Waals surface area contributed by atoms with Crippen LogP contribution in [0.25, 0.3) is 0 Å². The third kappa shape index (κ3) is 48.5. The molecule has 0 rings (SSSR count). The van der Waals surface area contributed by atoms with E-state index < -0.39 is 0 Å². The van der Waals surface area contributed by atoms with E-state index in [1.54, 1.807) is 0 Å². The molecule has 0 bridgehead atoms. The molecule has 2 heteroatoms. The van der Waals surface area contributed by atoms with Gasteiger partial charge in [0, 0.05) is 16.8 Å². The van der Waals surface area contributed by atoms with Crippen molar-refractivity contribution in [3.8, 4) is 0 Å². The second-order valence-electron chi connectivity index (χ2n) is 1.34. The first-order valence-electron chi connectivity index (χ1n) is 1.34. The van der Waals surface area contributed by atoms with Crippen molar-refractivity contribution < 1.29 is 16.8 Å². The maximum absolute atomic E-state index is 2.23. The Morgan fingerprint density at radius 1 is 1.00 bits per heavy atom. The summed E-state index contributed by atoms with van der Waals surface area (Å²) in [4.78, 5) is 0. The van der Waals surface area contributed by atoms with Crippen molar-refractivity contribution in [3.05, 3.63) is 0 Å². The second kappa shape index (κ2) is 4.94. The normalized spacial score (nSPS) is 7.20. The number of hydrogen-bond acceptors (Lipinski definition) is 0. The van der Waals surface area contributed by atoms with E-state index in [-0.39, 0.29) is 16.8 Å². The topological polar surface area (TPSA) is 0 Å². The summed E-state index contributed by atoms with van der Waals surface area (Å²) in [5, 5.41) is 0. The molecule has 0 aliphatic heterocycles. The Hall–Kier alpha value is 0.936. The predicted molar refractivity (Wildman–Crippen MR) is 24.7 cm³/mol. The molecule has 0 aromatic carbocycles. The summed E-state index contributed by atoms with van der Waals surface area (Å²) in [6.07, 6.45) is 0. The van der Waals surface area contributed by atoms with Gasteiger partial charge < -0.3 is 0 Å². The molecule has 1 radical (unpaired) electrons. The molecule has 0 N–H and O–H groups in total. The molecule has 0 atom stereocenters. The van der Waals surface area contributed by atoms with Gasteiger partial charge in [0.05, 0.1) is 0 Å². The average molecular weight is 135 g/mol. The van der Waals surface area contributed by atoms with Crippen LogP contribution in [0.1, 0.15) is 0 Å². The Morgan fingerprint density at radius 3 is 1.00 bits per heavy atom. The van der Waals surface area contributed by atoms with Gasteiger partial charge in [0.15, 0.2) is 0 Å². The molecule has 0 fully saturated rings. The van der Waals surface area contributed by atoms with E-state index in [9.17, 15) is 0 Å². The van der Waals surface area contributed by atoms with Crippen LogP contribution in [0, 0.1) is 0 Å². The fourth-order valence-corrected chi connectivity index (χ4v) is 0. The third-order valence-corrected chi connectivity index (χ3v) is 0. The summed E-state index contributed by atoms with van der Waals surface area (Å²) in [5.74, 6) is 0. The SMILES string of the molecule is CP(C)C.[Co]. The first-order chi connectivity index (χ1) is 1.73. The van der Waals surface area contributed by atoms with Gasteiger partial charge in [-0.25, -0.2) is 0 Å². The molecule has 35 valence electrons. The summed E-state index contributed by atoms with van der Waals surface area (Å²) < 4.78 is 0. The number of rotatable bonds is 0. The molecule has 0 saturated carbocycles. The van der Waals surface area contributed by atoms with Gasteiger partial charge in [-0.05, 0) is 20.0 Å². The van der Waals surface area contributed by atoms with Crippen molar-refractivity contribution in [1.82, 2.24) is 0 Å². The van der Waals surface area contributed by atoms with Crippen LogP contribution in [-0.4, -0.2) is 20.0 Å². The van der Waals surface area contributed by atoms with Crippen LogP contribution in [0.2, 0.25) is 0 Å². The smallest absolute Gasteiger partial charge is 0 e. The molecule has 0 aromatic rings. The Kier molecular flexibility index (Phi) is 9.22. The van der Waals surface area contributed by atoms with Crippen LogP contribution in [0.3, 0.4) is 0 Å². The first kappa shape index (κ1) is 9.34. The van der Waals surface area contributed by atoms with Crippen LogP contribution in [0.15, 0.2) is 0 Å². The zero-order chi connectivity index (χ0) is 3.58. The molecule has 0 unspecified atom stereocenters. The minimum absolute atomic E-state index is 0. The van der Waals surface area contributed by atoms with E-state index in [0.717, 1.165) is 0 Å².